The van der Waals surface area contributed by atoms with Crippen LogP contribution >= 0.6 is 11.6 Å². The molecule has 18 heavy (non-hydrogen) atoms. The molecule has 0 bridgehead atoms. The van der Waals surface area contributed by atoms with Gasteiger partial charge in [-0.3, -0.25) is 4.79 Å². The summed E-state index contributed by atoms with van der Waals surface area (Å²) < 4.78 is 5.19. The van der Waals surface area contributed by atoms with E-state index in [0.29, 0.717) is 0 Å². The van der Waals surface area contributed by atoms with Crippen molar-refractivity contribution < 1.29 is 14.3 Å². The zero-order valence-electron chi connectivity index (χ0n) is 10.7. The van der Waals surface area contributed by atoms with Crippen molar-refractivity contribution >= 4 is 23.5 Å². The SMILES string of the molecule is CNC(=O)c1cc(C(=O)OC(C)(C)C)cc(Cl)n1. The van der Waals surface area contributed by atoms with Gasteiger partial charge in [-0.15, -0.1) is 0 Å². The molecular formula is C12H15ClN2O3. The minimum atomic E-state index is -0.611. The average molecular weight is 271 g/mol. The van der Waals surface area contributed by atoms with Crippen LogP contribution in [0, 0.1) is 0 Å². The third kappa shape index (κ3) is 4.00. The number of hydrogen-bond donors (Lipinski definition) is 1. The van der Waals surface area contributed by atoms with E-state index in [1.54, 1.807) is 20.8 Å². The van der Waals surface area contributed by atoms with Gasteiger partial charge in [0.25, 0.3) is 5.91 Å². The largest absolute Gasteiger partial charge is 0.456 e. The van der Waals surface area contributed by atoms with E-state index < -0.39 is 17.5 Å². The molecule has 0 aliphatic heterocycles. The Balaban J connectivity index is 3.06. The lowest BCUT2D eigenvalue weighted by Crippen LogP contribution is -2.25. The van der Waals surface area contributed by atoms with Crippen LogP contribution in [-0.2, 0) is 4.74 Å². The number of nitrogens with zero attached hydrogens (tertiary/aromatic N) is 1. The molecule has 0 aliphatic carbocycles. The maximum absolute atomic E-state index is 11.8. The predicted octanol–water partition coefficient (Wildman–Crippen LogP) is 2.05. The molecule has 0 aliphatic rings. The van der Waals surface area contributed by atoms with E-state index in [2.05, 4.69) is 10.3 Å². The van der Waals surface area contributed by atoms with Crippen LogP contribution in [0.15, 0.2) is 12.1 Å². The van der Waals surface area contributed by atoms with E-state index in [0.717, 1.165) is 0 Å². The molecule has 0 radical (unpaired) electrons. The van der Waals surface area contributed by atoms with Gasteiger partial charge in [0.1, 0.15) is 16.4 Å². The molecule has 1 amide bonds. The van der Waals surface area contributed by atoms with Crippen molar-refractivity contribution in [2.45, 2.75) is 26.4 Å². The highest BCUT2D eigenvalue weighted by Crippen LogP contribution is 2.16. The van der Waals surface area contributed by atoms with Crippen LogP contribution in [0.3, 0.4) is 0 Å². The first-order valence-electron chi connectivity index (χ1n) is 5.36. The third-order valence-electron chi connectivity index (χ3n) is 1.89. The van der Waals surface area contributed by atoms with E-state index >= 15 is 0 Å². The van der Waals surface area contributed by atoms with Crippen molar-refractivity contribution in [1.29, 1.82) is 0 Å². The Morgan fingerprint density at radius 1 is 1.33 bits per heavy atom. The van der Waals surface area contributed by atoms with Crippen LogP contribution < -0.4 is 5.32 Å². The molecular weight excluding hydrogens is 256 g/mol. The van der Waals surface area contributed by atoms with Crippen LogP contribution in [0.1, 0.15) is 41.6 Å². The van der Waals surface area contributed by atoms with Crippen molar-refractivity contribution in [3.8, 4) is 0 Å². The van der Waals surface area contributed by atoms with Crippen molar-refractivity contribution in [2.24, 2.45) is 0 Å². The Morgan fingerprint density at radius 2 is 1.94 bits per heavy atom. The van der Waals surface area contributed by atoms with Crippen molar-refractivity contribution in [3.05, 3.63) is 28.5 Å². The molecule has 1 heterocycles. The van der Waals surface area contributed by atoms with E-state index in [-0.39, 0.29) is 16.4 Å². The quantitative estimate of drug-likeness (QED) is 0.660. The van der Waals surface area contributed by atoms with Crippen LogP contribution in [0.5, 0.6) is 0 Å². The fourth-order valence-electron chi connectivity index (χ4n) is 1.20. The fraction of sp³-hybridized carbons (Fsp3) is 0.417. The van der Waals surface area contributed by atoms with Crippen LogP contribution in [-0.4, -0.2) is 29.5 Å². The van der Waals surface area contributed by atoms with E-state index in [1.165, 1.54) is 19.2 Å². The van der Waals surface area contributed by atoms with Gasteiger partial charge in [0.2, 0.25) is 0 Å². The number of halogens is 1. The van der Waals surface area contributed by atoms with Crippen molar-refractivity contribution in [3.63, 3.8) is 0 Å². The van der Waals surface area contributed by atoms with Gasteiger partial charge in [0.15, 0.2) is 0 Å². The number of pyridine rings is 1. The summed E-state index contributed by atoms with van der Waals surface area (Å²) in [5.41, 5.74) is -0.339. The lowest BCUT2D eigenvalue weighted by molar-refractivity contribution is 0.00694. The topological polar surface area (TPSA) is 68.3 Å². The summed E-state index contributed by atoms with van der Waals surface area (Å²) in [5.74, 6) is -0.959. The van der Waals surface area contributed by atoms with Gasteiger partial charge in [0.05, 0.1) is 5.56 Å². The molecule has 0 fully saturated rings. The first-order chi connectivity index (χ1) is 8.23. The van der Waals surface area contributed by atoms with Crippen LogP contribution in [0.25, 0.3) is 0 Å². The van der Waals surface area contributed by atoms with Gasteiger partial charge in [-0.1, -0.05) is 11.6 Å². The average Bonchev–Trinajstić information content (AvgIpc) is 2.24. The normalized spacial score (nSPS) is 10.9. The van der Waals surface area contributed by atoms with Crippen LogP contribution in [0.4, 0.5) is 0 Å². The molecule has 0 saturated heterocycles. The molecule has 6 heteroatoms. The summed E-state index contributed by atoms with van der Waals surface area (Å²) in [6.07, 6.45) is 0. The fourth-order valence-corrected chi connectivity index (χ4v) is 1.40. The number of hydrogen-bond acceptors (Lipinski definition) is 4. The van der Waals surface area contributed by atoms with Gasteiger partial charge in [-0.25, -0.2) is 9.78 Å². The maximum Gasteiger partial charge on any atom is 0.338 e. The molecule has 1 rings (SSSR count). The molecule has 98 valence electrons. The first-order valence-corrected chi connectivity index (χ1v) is 5.74. The second kappa shape index (κ2) is 5.35. The van der Waals surface area contributed by atoms with E-state index in [1.807, 2.05) is 0 Å². The van der Waals surface area contributed by atoms with Gasteiger partial charge < -0.3 is 10.1 Å². The Morgan fingerprint density at radius 3 is 2.44 bits per heavy atom. The van der Waals surface area contributed by atoms with Gasteiger partial charge in [-0.05, 0) is 32.9 Å². The zero-order valence-corrected chi connectivity index (χ0v) is 11.5. The zero-order chi connectivity index (χ0) is 13.9. The maximum atomic E-state index is 11.8. The predicted molar refractivity (Wildman–Crippen MR) is 67.8 cm³/mol. The van der Waals surface area contributed by atoms with E-state index in [4.69, 9.17) is 16.3 Å². The van der Waals surface area contributed by atoms with Gasteiger partial charge in [-0.2, -0.15) is 0 Å². The molecule has 1 N–H and O–H groups in total. The molecule has 5 nitrogen and oxygen atoms in total. The Labute approximate surface area is 110 Å². The number of esters is 1. The first kappa shape index (κ1) is 14.4. The number of amides is 1. The van der Waals surface area contributed by atoms with Gasteiger partial charge in [0, 0.05) is 7.05 Å². The molecule has 0 saturated carbocycles. The second-order valence-electron chi connectivity index (χ2n) is 4.64. The minimum Gasteiger partial charge on any atom is -0.456 e. The highest BCUT2D eigenvalue weighted by Gasteiger charge is 2.20. The molecule has 0 atom stereocenters. The number of aromatic nitrogens is 1. The summed E-state index contributed by atoms with van der Waals surface area (Å²) >= 11 is 5.77. The molecule has 0 spiro atoms. The summed E-state index contributed by atoms with van der Waals surface area (Å²) in [4.78, 5) is 27.1. The Hall–Kier alpha value is -1.62. The van der Waals surface area contributed by atoms with Gasteiger partial charge >= 0.3 is 5.97 Å². The monoisotopic (exact) mass is 270 g/mol. The molecule has 0 unspecified atom stereocenters. The number of rotatable bonds is 2. The number of nitrogens with one attached hydrogen (secondary N) is 1. The highest BCUT2D eigenvalue weighted by atomic mass is 35.5. The number of carbonyl (C=O) groups excluding carboxylic acids is 2. The number of ether oxygens (including phenoxy) is 1. The summed E-state index contributed by atoms with van der Waals surface area (Å²) in [7, 11) is 1.47. The standard InChI is InChI=1S/C12H15ClN2O3/c1-12(2,3)18-11(17)7-5-8(10(16)14-4)15-9(13)6-7/h5-6H,1-4H3,(H,14,16). The lowest BCUT2D eigenvalue weighted by Gasteiger charge is -2.19. The van der Waals surface area contributed by atoms with Crippen molar-refractivity contribution in [1.82, 2.24) is 10.3 Å². The lowest BCUT2D eigenvalue weighted by atomic mass is 10.1. The number of carbonyl (C=O) groups is 2. The summed E-state index contributed by atoms with van der Waals surface area (Å²) in [5, 5.41) is 2.48. The molecule has 1 aromatic rings. The smallest absolute Gasteiger partial charge is 0.338 e. The van der Waals surface area contributed by atoms with Crippen molar-refractivity contribution in [2.75, 3.05) is 7.05 Å². The minimum absolute atomic E-state index is 0.0666. The molecule has 1 aromatic heterocycles. The highest BCUT2D eigenvalue weighted by molar-refractivity contribution is 6.30. The Bertz CT molecular complexity index is 481. The second-order valence-corrected chi connectivity index (χ2v) is 5.03. The Kier molecular flexibility index (Phi) is 4.29. The molecule has 0 aromatic carbocycles. The third-order valence-corrected chi connectivity index (χ3v) is 2.08. The summed E-state index contributed by atoms with van der Waals surface area (Å²) in [6, 6.07) is 2.71. The summed E-state index contributed by atoms with van der Waals surface area (Å²) in [6.45, 7) is 5.27. The van der Waals surface area contributed by atoms with E-state index in [9.17, 15) is 9.59 Å². The van der Waals surface area contributed by atoms with Crippen LogP contribution in [0.2, 0.25) is 5.15 Å².